The van der Waals surface area contributed by atoms with Crippen LogP contribution in [-0.2, 0) is 31.9 Å². The minimum absolute atomic E-state index is 0. The van der Waals surface area contributed by atoms with Crippen molar-refractivity contribution in [1.29, 1.82) is 0 Å². The van der Waals surface area contributed by atoms with Gasteiger partial charge in [0.25, 0.3) is 0 Å². The summed E-state index contributed by atoms with van der Waals surface area (Å²) in [5.41, 5.74) is 15.4. The van der Waals surface area contributed by atoms with E-state index < -0.39 is 0 Å². The number of rotatable bonds is 15. The molecule has 0 bridgehead atoms. The number of hydrogen-bond donors (Lipinski definition) is 0. The molecule has 0 saturated carbocycles. The maximum atomic E-state index is 5.05. The zero-order valence-corrected chi connectivity index (χ0v) is 32.7. The monoisotopic (exact) mass is 845 g/mol. The number of hydrogen-bond acceptors (Lipinski definition) is 1. The van der Waals surface area contributed by atoms with Gasteiger partial charge in [-0.2, -0.15) is 0 Å². The number of fused-ring (bicyclic) bond motifs is 3. The molecule has 1 radical (unpaired) electrons. The van der Waals surface area contributed by atoms with Gasteiger partial charge in [0.15, 0.2) is 0 Å². The second kappa shape index (κ2) is 17.4. The second-order valence-corrected chi connectivity index (χ2v) is 14.3. The van der Waals surface area contributed by atoms with Crippen LogP contribution < -0.4 is 0 Å². The molecule has 7 rings (SSSR count). The van der Waals surface area contributed by atoms with Crippen molar-refractivity contribution >= 4 is 0 Å². The fraction of sp³-hybridized carbons (Fsp3) is 0.286. The molecule has 0 saturated heterocycles. The number of nitrogens with zero attached hydrogens (tertiary/aromatic N) is 1. The second-order valence-electron chi connectivity index (χ2n) is 14.3. The van der Waals surface area contributed by atoms with Crippen LogP contribution in [0.15, 0.2) is 134 Å². The Morgan fingerprint density at radius 3 is 1.88 bits per heavy atom. The number of benzene rings is 5. The van der Waals surface area contributed by atoms with Gasteiger partial charge in [0.05, 0.1) is 0 Å². The summed E-state index contributed by atoms with van der Waals surface area (Å²) in [6.07, 6.45) is 15.7. The fourth-order valence-corrected chi connectivity index (χ4v) is 8.20. The van der Waals surface area contributed by atoms with Crippen molar-refractivity contribution in [2.24, 2.45) is 0 Å². The molecule has 2 heteroatoms. The third kappa shape index (κ3) is 8.19. The summed E-state index contributed by atoms with van der Waals surface area (Å²) in [6, 6.07) is 50.5. The van der Waals surface area contributed by atoms with Gasteiger partial charge in [-0.3, -0.25) is 0 Å². The van der Waals surface area contributed by atoms with Gasteiger partial charge in [-0.05, 0) is 70.0 Å². The van der Waals surface area contributed by atoms with Crippen molar-refractivity contribution in [1.82, 2.24) is 4.98 Å². The summed E-state index contributed by atoms with van der Waals surface area (Å²) in [4.78, 5) is 5.05. The summed E-state index contributed by atoms with van der Waals surface area (Å²) in [7, 11) is 0. The molecule has 6 aromatic rings. The molecule has 0 aliphatic heterocycles. The van der Waals surface area contributed by atoms with Crippen LogP contribution in [-0.4, -0.2) is 4.98 Å². The van der Waals surface area contributed by atoms with E-state index in [0.29, 0.717) is 0 Å². The fourth-order valence-electron chi connectivity index (χ4n) is 8.20. The van der Waals surface area contributed by atoms with Crippen LogP contribution in [0.1, 0.15) is 100 Å². The van der Waals surface area contributed by atoms with E-state index in [9.17, 15) is 0 Å². The summed E-state index contributed by atoms with van der Waals surface area (Å²) in [5, 5.41) is 0. The van der Waals surface area contributed by atoms with E-state index in [4.69, 9.17) is 4.98 Å². The molecule has 0 amide bonds. The van der Waals surface area contributed by atoms with Crippen LogP contribution in [0.5, 0.6) is 0 Å². The van der Waals surface area contributed by atoms with Crippen LogP contribution in [0.3, 0.4) is 0 Å². The Morgan fingerprint density at radius 2 is 1.18 bits per heavy atom. The summed E-state index contributed by atoms with van der Waals surface area (Å²) >= 11 is 0. The Hall–Kier alpha value is -4.10. The molecule has 1 heterocycles. The van der Waals surface area contributed by atoms with Crippen molar-refractivity contribution in [3.05, 3.63) is 162 Å². The van der Waals surface area contributed by atoms with Gasteiger partial charge in [-0.25, -0.2) is 0 Å². The van der Waals surface area contributed by atoms with E-state index in [-0.39, 0.29) is 25.5 Å². The van der Waals surface area contributed by atoms with Crippen molar-refractivity contribution in [3.8, 4) is 44.6 Å². The minimum Gasteiger partial charge on any atom is -0.304 e. The molecule has 0 N–H and O–H groups in total. The largest absolute Gasteiger partial charge is 0.304 e. The molecular weight excluding hydrogens is 795 g/mol. The smallest absolute Gasteiger partial charge is 0.0239 e. The van der Waals surface area contributed by atoms with E-state index in [1.165, 1.54) is 114 Å². The molecule has 51 heavy (non-hydrogen) atoms. The van der Waals surface area contributed by atoms with Gasteiger partial charge in [0.2, 0.25) is 0 Å². The maximum Gasteiger partial charge on any atom is 0.0239 e. The van der Waals surface area contributed by atoms with Gasteiger partial charge in [-0.1, -0.05) is 186 Å². The van der Waals surface area contributed by atoms with Crippen molar-refractivity contribution < 1.29 is 20.1 Å². The Kier molecular flexibility index (Phi) is 12.5. The van der Waals surface area contributed by atoms with Gasteiger partial charge >= 0.3 is 0 Å². The Labute approximate surface area is 320 Å². The minimum atomic E-state index is 0. The Bertz CT molecular complexity index is 2000. The molecule has 1 nitrogen and oxygen atoms in total. The maximum absolute atomic E-state index is 5.05. The molecule has 1 aliphatic carbocycles. The van der Waals surface area contributed by atoms with E-state index >= 15 is 0 Å². The first kappa shape index (κ1) is 36.7. The zero-order chi connectivity index (χ0) is 34.2. The van der Waals surface area contributed by atoms with Crippen LogP contribution in [0.2, 0.25) is 0 Å². The SMILES string of the molecule is CCCCCCC1(CCCCCC)c2ccccc2-c2c[c-]c(-c3ccc(-c4cccc(-c5cccc(Cc6ccccc6)c5)c4)cn3)cc21.[Ir]. The summed E-state index contributed by atoms with van der Waals surface area (Å²) < 4.78 is 0. The van der Waals surface area contributed by atoms with E-state index in [0.717, 1.165) is 23.2 Å². The van der Waals surface area contributed by atoms with Gasteiger partial charge in [0, 0.05) is 31.7 Å². The number of aromatic nitrogens is 1. The molecule has 5 aromatic carbocycles. The average Bonchev–Trinajstić information content (AvgIpc) is 3.44. The average molecular weight is 845 g/mol. The van der Waals surface area contributed by atoms with Crippen LogP contribution in [0, 0.1) is 6.07 Å². The number of pyridine rings is 1. The summed E-state index contributed by atoms with van der Waals surface area (Å²) in [6.45, 7) is 4.62. The quantitative estimate of drug-likeness (QED) is 0.0741. The third-order valence-corrected chi connectivity index (χ3v) is 10.9. The van der Waals surface area contributed by atoms with Crippen molar-refractivity contribution in [2.45, 2.75) is 89.9 Å². The Morgan fingerprint density at radius 1 is 0.529 bits per heavy atom. The first-order chi connectivity index (χ1) is 24.7. The van der Waals surface area contributed by atoms with Crippen molar-refractivity contribution in [3.63, 3.8) is 0 Å². The first-order valence-corrected chi connectivity index (χ1v) is 19.0. The van der Waals surface area contributed by atoms with E-state index in [1.54, 1.807) is 0 Å². The van der Waals surface area contributed by atoms with E-state index in [1.807, 2.05) is 6.20 Å². The normalized spacial score (nSPS) is 12.6. The molecule has 0 unspecified atom stereocenters. The van der Waals surface area contributed by atoms with Crippen LogP contribution in [0.4, 0.5) is 0 Å². The molecule has 0 fully saturated rings. The number of unbranched alkanes of at least 4 members (excludes halogenated alkanes) is 6. The molecule has 1 aliphatic rings. The first-order valence-electron chi connectivity index (χ1n) is 19.0. The topological polar surface area (TPSA) is 12.9 Å². The van der Waals surface area contributed by atoms with Gasteiger partial charge in [-0.15, -0.1) is 29.3 Å². The molecular formula is C49H50IrN-. The molecule has 261 valence electrons. The molecule has 1 aromatic heterocycles. The van der Waals surface area contributed by atoms with Gasteiger partial charge in [0.1, 0.15) is 0 Å². The van der Waals surface area contributed by atoms with E-state index in [2.05, 4.69) is 147 Å². The standard InChI is InChI=1S/C49H50N.Ir/c1-3-5-7-14-30-49(31-15-8-6-4-2)46-25-13-12-24-44(46)45-28-26-42(35-47(45)49)48-29-27-43(36-50-48)41-23-17-22-40(34-41)39-21-16-20-38(33-39)32-37-18-10-9-11-19-37;/h9-13,16-25,27-29,33-36H,3-8,14-15,30-32H2,1-2H3;/q-1;. The zero-order valence-electron chi connectivity index (χ0n) is 30.3. The van der Waals surface area contributed by atoms with Crippen LogP contribution in [0.25, 0.3) is 44.6 Å². The van der Waals surface area contributed by atoms with Gasteiger partial charge < -0.3 is 4.98 Å². The third-order valence-electron chi connectivity index (χ3n) is 10.9. The van der Waals surface area contributed by atoms with Crippen molar-refractivity contribution in [2.75, 3.05) is 0 Å². The molecule has 0 spiro atoms. The van der Waals surface area contributed by atoms with Crippen LogP contribution >= 0.6 is 0 Å². The molecule has 0 atom stereocenters. The summed E-state index contributed by atoms with van der Waals surface area (Å²) in [5.74, 6) is 0. The Balaban J connectivity index is 0.00000448. The predicted molar refractivity (Wildman–Crippen MR) is 212 cm³/mol. The predicted octanol–water partition coefficient (Wildman–Crippen LogP) is 13.7.